The van der Waals surface area contributed by atoms with Gasteiger partial charge < -0.3 is 20.5 Å². The maximum Gasteiger partial charge on any atom is 0.407 e. The number of alkyl carbamates (subject to hydrolysis) is 1. The lowest BCUT2D eigenvalue weighted by atomic mass is 10.1. The molecule has 0 aromatic rings. The van der Waals surface area contributed by atoms with Gasteiger partial charge in [-0.2, -0.15) is 0 Å². The molecule has 0 aromatic heterocycles. The number of rotatable bonds is 13. The van der Waals surface area contributed by atoms with E-state index in [1.807, 2.05) is 0 Å². The lowest BCUT2D eigenvalue weighted by Gasteiger charge is -2.06. The molecule has 0 fully saturated rings. The van der Waals surface area contributed by atoms with Crippen LogP contribution in [-0.2, 0) is 4.74 Å². The quantitative estimate of drug-likeness (QED) is 0.454. The van der Waals surface area contributed by atoms with Crippen molar-refractivity contribution in [3.8, 4) is 0 Å². The molecule has 0 radical (unpaired) electrons. The highest BCUT2D eigenvalue weighted by Crippen LogP contribution is 2.06. The van der Waals surface area contributed by atoms with Crippen molar-refractivity contribution in [2.24, 2.45) is 0 Å². The Hall–Kier alpha value is -1.46. The highest BCUT2D eigenvalue weighted by molar-refractivity contribution is 5.66. The predicted molar refractivity (Wildman–Crippen MR) is 82.6 cm³/mol. The summed E-state index contributed by atoms with van der Waals surface area (Å²) in [6, 6.07) is 0. The summed E-state index contributed by atoms with van der Waals surface area (Å²) in [4.78, 5) is 21.4. The first kappa shape index (κ1) is 19.5. The topological polar surface area (TPSA) is 87.7 Å². The molecule has 124 valence electrons. The zero-order valence-corrected chi connectivity index (χ0v) is 13.2. The molecule has 0 heterocycles. The fourth-order valence-electron chi connectivity index (χ4n) is 1.88. The molecule has 0 rings (SSSR count). The lowest BCUT2D eigenvalue weighted by molar-refractivity contribution is 0.144. The van der Waals surface area contributed by atoms with Gasteiger partial charge in [-0.25, -0.2) is 9.59 Å². The van der Waals surface area contributed by atoms with Gasteiger partial charge >= 0.3 is 12.2 Å². The smallest absolute Gasteiger partial charge is 0.407 e. The molecular weight excluding hydrogens is 272 g/mol. The Balaban J connectivity index is 3.11. The second kappa shape index (κ2) is 14.9. The van der Waals surface area contributed by atoms with Crippen LogP contribution in [-0.4, -0.2) is 37.0 Å². The SMILES string of the molecule is CCCCOC(=O)NCCCCCCCCCNC(=O)O. The van der Waals surface area contributed by atoms with Gasteiger partial charge in [0.2, 0.25) is 0 Å². The fourth-order valence-corrected chi connectivity index (χ4v) is 1.88. The van der Waals surface area contributed by atoms with Crippen LogP contribution in [0.5, 0.6) is 0 Å². The molecule has 0 saturated carbocycles. The van der Waals surface area contributed by atoms with Crippen molar-refractivity contribution in [1.29, 1.82) is 0 Å². The number of carboxylic acid groups (broad SMARTS) is 1. The molecule has 6 heteroatoms. The van der Waals surface area contributed by atoms with Gasteiger partial charge in [-0.1, -0.05) is 45.4 Å². The summed E-state index contributed by atoms with van der Waals surface area (Å²) in [7, 11) is 0. The Labute approximate surface area is 127 Å². The minimum Gasteiger partial charge on any atom is -0.465 e. The predicted octanol–water partition coefficient (Wildman–Crippen LogP) is 3.51. The Bertz CT molecular complexity index is 272. The lowest BCUT2D eigenvalue weighted by Crippen LogP contribution is -2.25. The molecule has 0 spiro atoms. The molecule has 21 heavy (non-hydrogen) atoms. The third-order valence-electron chi connectivity index (χ3n) is 3.13. The number of hydrogen-bond acceptors (Lipinski definition) is 3. The zero-order chi connectivity index (χ0) is 15.8. The number of carbonyl (C=O) groups is 2. The highest BCUT2D eigenvalue weighted by Gasteiger charge is 1.99. The van der Waals surface area contributed by atoms with E-state index < -0.39 is 6.09 Å². The zero-order valence-electron chi connectivity index (χ0n) is 13.2. The Morgan fingerprint density at radius 1 is 0.857 bits per heavy atom. The van der Waals surface area contributed by atoms with Gasteiger partial charge in [0.05, 0.1) is 6.61 Å². The van der Waals surface area contributed by atoms with E-state index >= 15 is 0 Å². The first-order chi connectivity index (χ1) is 10.2. The third kappa shape index (κ3) is 16.5. The molecule has 3 N–H and O–H groups in total. The Kier molecular flexibility index (Phi) is 13.9. The Morgan fingerprint density at radius 2 is 1.38 bits per heavy atom. The van der Waals surface area contributed by atoms with Crippen LogP contribution in [0, 0.1) is 0 Å². The van der Waals surface area contributed by atoms with Gasteiger partial charge in [0.1, 0.15) is 0 Å². The van der Waals surface area contributed by atoms with Crippen molar-refractivity contribution in [3.63, 3.8) is 0 Å². The van der Waals surface area contributed by atoms with Gasteiger partial charge in [-0.15, -0.1) is 0 Å². The van der Waals surface area contributed by atoms with Crippen LogP contribution in [0.2, 0.25) is 0 Å². The fraction of sp³-hybridized carbons (Fsp3) is 0.867. The summed E-state index contributed by atoms with van der Waals surface area (Å²) < 4.78 is 4.98. The van der Waals surface area contributed by atoms with E-state index in [1.165, 1.54) is 0 Å². The largest absolute Gasteiger partial charge is 0.465 e. The molecule has 0 aliphatic rings. The second-order valence-corrected chi connectivity index (χ2v) is 5.12. The van der Waals surface area contributed by atoms with E-state index in [0.29, 0.717) is 19.7 Å². The van der Waals surface area contributed by atoms with E-state index in [1.54, 1.807) is 0 Å². The number of carbonyl (C=O) groups excluding carboxylic acids is 1. The summed E-state index contributed by atoms with van der Waals surface area (Å²) in [6.07, 6.45) is 8.16. The van der Waals surface area contributed by atoms with Crippen molar-refractivity contribution in [3.05, 3.63) is 0 Å². The summed E-state index contributed by atoms with van der Waals surface area (Å²) in [5.74, 6) is 0. The van der Waals surface area contributed by atoms with Gasteiger partial charge in [0.25, 0.3) is 0 Å². The number of unbranched alkanes of at least 4 members (excludes halogenated alkanes) is 7. The monoisotopic (exact) mass is 302 g/mol. The molecule has 0 aliphatic heterocycles. The standard InChI is InChI=1S/C15H30N2O4/c1-2-3-13-21-15(20)17-12-10-8-6-4-5-7-9-11-16-14(18)19/h16H,2-13H2,1H3,(H,17,20)(H,18,19). The van der Waals surface area contributed by atoms with Crippen LogP contribution in [0.4, 0.5) is 9.59 Å². The van der Waals surface area contributed by atoms with Crippen LogP contribution in [0.25, 0.3) is 0 Å². The minimum absolute atomic E-state index is 0.311. The van der Waals surface area contributed by atoms with Crippen molar-refractivity contribution >= 4 is 12.2 Å². The van der Waals surface area contributed by atoms with Crippen LogP contribution in [0.3, 0.4) is 0 Å². The van der Waals surface area contributed by atoms with E-state index in [-0.39, 0.29) is 6.09 Å². The first-order valence-corrected chi connectivity index (χ1v) is 8.04. The van der Waals surface area contributed by atoms with E-state index in [2.05, 4.69) is 17.6 Å². The maximum atomic E-state index is 11.2. The van der Waals surface area contributed by atoms with E-state index in [4.69, 9.17) is 9.84 Å². The molecule has 0 saturated heterocycles. The molecule has 0 bridgehead atoms. The summed E-state index contributed by atoms with van der Waals surface area (Å²) in [5.41, 5.74) is 0. The summed E-state index contributed by atoms with van der Waals surface area (Å²) in [5, 5.41) is 13.5. The first-order valence-electron chi connectivity index (χ1n) is 8.04. The number of amides is 2. The van der Waals surface area contributed by atoms with E-state index in [0.717, 1.165) is 57.8 Å². The van der Waals surface area contributed by atoms with Crippen molar-refractivity contribution < 1.29 is 19.4 Å². The van der Waals surface area contributed by atoms with E-state index in [9.17, 15) is 9.59 Å². The average Bonchev–Trinajstić information content (AvgIpc) is 2.44. The molecule has 0 atom stereocenters. The number of hydrogen-bond donors (Lipinski definition) is 3. The van der Waals surface area contributed by atoms with Crippen molar-refractivity contribution in [1.82, 2.24) is 10.6 Å². The van der Waals surface area contributed by atoms with Gasteiger partial charge in [0, 0.05) is 13.1 Å². The molecule has 2 amide bonds. The van der Waals surface area contributed by atoms with Crippen LogP contribution < -0.4 is 10.6 Å². The maximum absolute atomic E-state index is 11.2. The minimum atomic E-state index is -0.948. The normalized spacial score (nSPS) is 10.1. The number of nitrogens with one attached hydrogen (secondary N) is 2. The van der Waals surface area contributed by atoms with Gasteiger partial charge in [0.15, 0.2) is 0 Å². The molecular formula is C15H30N2O4. The molecule has 0 aromatic carbocycles. The van der Waals surface area contributed by atoms with Crippen LogP contribution in [0.1, 0.15) is 64.7 Å². The van der Waals surface area contributed by atoms with Crippen molar-refractivity contribution in [2.45, 2.75) is 64.7 Å². The average molecular weight is 302 g/mol. The number of ether oxygens (including phenoxy) is 1. The second-order valence-electron chi connectivity index (χ2n) is 5.12. The highest BCUT2D eigenvalue weighted by atomic mass is 16.5. The summed E-state index contributed by atoms with van der Waals surface area (Å²) >= 11 is 0. The van der Waals surface area contributed by atoms with Crippen LogP contribution in [0.15, 0.2) is 0 Å². The van der Waals surface area contributed by atoms with Gasteiger partial charge in [-0.3, -0.25) is 0 Å². The van der Waals surface area contributed by atoms with Gasteiger partial charge in [-0.05, 0) is 19.3 Å². The summed E-state index contributed by atoms with van der Waals surface area (Å²) in [6.45, 7) is 3.77. The Morgan fingerprint density at radius 3 is 1.90 bits per heavy atom. The third-order valence-corrected chi connectivity index (χ3v) is 3.13. The van der Waals surface area contributed by atoms with Crippen LogP contribution >= 0.6 is 0 Å². The molecule has 0 aliphatic carbocycles. The molecule has 0 unspecified atom stereocenters. The van der Waals surface area contributed by atoms with Crippen molar-refractivity contribution in [2.75, 3.05) is 19.7 Å². The molecule has 6 nitrogen and oxygen atoms in total.